The summed E-state index contributed by atoms with van der Waals surface area (Å²) in [6.45, 7) is 1.59. The molecule has 0 saturated carbocycles. The van der Waals surface area contributed by atoms with Crippen molar-refractivity contribution in [3.8, 4) is 0 Å². The number of fused-ring (bicyclic) bond motifs is 1. The lowest BCUT2D eigenvalue weighted by molar-refractivity contribution is -0.116. The smallest absolute Gasteiger partial charge is 0.332 e. The molecular formula is C22H18ClN3O4. The molecule has 0 saturated heterocycles. The van der Waals surface area contributed by atoms with Gasteiger partial charge in [-0.15, -0.1) is 0 Å². The average molecular weight is 424 g/mol. The molecule has 0 atom stereocenters. The Hall–Kier alpha value is -3.58. The quantitative estimate of drug-likeness (QED) is 0.533. The second kappa shape index (κ2) is 8.04. The highest BCUT2D eigenvalue weighted by molar-refractivity contribution is 6.33. The summed E-state index contributed by atoms with van der Waals surface area (Å²) in [4.78, 5) is 38.7. The largest absolute Gasteiger partial charge is 0.467 e. The Bertz CT molecular complexity index is 1350. The zero-order valence-electron chi connectivity index (χ0n) is 16.1. The van der Waals surface area contributed by atoms with Crippen molar-refractivity contribution < 1.29 is 9.21 Å². The van der Waals surface area contributed by atoms with Crippen molar-refractivity contribution in [3.63, 3.8) is 0 Å². The lowest BCUT2D eigenvalue weighted by Gasteiger charge is -2.14. The minimum Gasteiger partial charge on any atom is -0.467 e. The first-order chi connectivity index (χ1) is 14.4. The maximum absolute atomic E-state index is 13.1. The van der Waals surface area contributed by atoms with E-state index >= 15 is 0 Å². The number of aromatic nitrogens is 2. The van der Waals surface area contributed by atoms with E-state index in [1.54, 1.807) is 48.5 Å². The number of para-hydroxylation sites is 1. The van der Waals surface area contributed by atoms with Crippen LogP contribution in [-0.4, -0.2) is 15.0 Å². The molecule has 0 aliphatic carbocycles. The van der Waals surface area contributed by atoms with Gasteiger partial charge >= 0.3 is 5.69 Å². The summed E-state index contributed by atoms with van der Waals surface area (Å²) in [6.07, 6.45) is 1.47. The first-order valence-electron chi connectivity index (χ1n) is 9.25. The highest BCUT2D eigenvalue weighted by atomic mass is 35.5. The second-order valence-corrected chi connectivity index (χ2v) is 7.30. The van der Waals surface area contributed by atoms with Crippen molar-refractivity contribution in [1.82, 2.24) is 9.13 Å². The maximum Gasteiger partial charge on any atom is 0.332 e. The van der Waals surface area contributed by atoms with Crippen molar-refractivity contribution in [3.05, 3.63) is 98.0 Å². The van der Waals surface area contributed by atoms with Gasteiger partial charge in [0.1, 0.15) is 12.3 Å². The molecule has 0 aliphatic rings. The molecule has 2 aromatic heterocycles. The number of benzene rings is 2. The Morgan fingerprint density at radius 3 is 2.60 bits per heavy atom. The fourth-order valence-corrected chi connectivity index (χ4v) is 3.56. The van der Waals surface area contributed by atoms with Gasteiger partial charge in [-0.3, -0.25) is 18.7 Å². The van der Waals surface area contributed by atoms with Gasteiger partial charge in [0.2, 0.25) is 5.91 Å². The lowest BCUT2D eigenvalue weighted by atomic mass is 10.2. The Balaban J connectivity index is 1.75. The molecule has 0 aliphatic heterocycles. The van der Waals surface area contributed by atoms with E-state index in [4.69, 9.17) is 16.0 Å². The Labute approximate surface area is 176 Å². The minimum atomic E-state index is -0.597. The second-order valence-electron chi connectivity index (χ2n) is 6.89. The van der Waals surface area contributed by atoms with Gasteiger partial charge in [-0.2, -0.15) is 0 Å². The van der Waals surface area contributed by atoms with Gasteiger partial charge in [0.05, 0.1) is 34.4 Å². The SMILES string of the molecule is Cc1ccc(NC(=O)Cn2c(=O)n(Cc3ccco3)c(=O)c3ccccc32)c(Cl)c1. The molecule has 8 heteroatoms. The van der Waals surface area contributed by atoms with E-state index in [2.05, 4.69) is 5.32 Å². The van der Waals surface area contributed by atoms with Crippen LogP contribution >= 0.6 is 11.6 Å². The molecule has 7 nitrogen and oxygen atoms in total. The number of furan rings is 1. The van der Waals surface area contributed by atoms with Crippen molar-refractivity contribution in [2.75, 3.05) is 5.32 Å². The topological polar surface area (TPSA) is 86.2 Å². The molecule has 4 aromatic rings. The molecule has 0 spiro atoms. The molecule has 4 rings (SSSR count). The highest BCUT2D eigenvalue weighted by Crippen LogP contribution is 2.22. The monoisotopic (exact) mass is 423 g/mol. The number of rotatable bonds is 5. The van der Waals surface area contributed by atoms with Crippen LogP contribution in [0.1, 0.15) is 11.3 Å². The summed E-state index contributed by atoms with van der Waals surface area (Å²) in [7, 11) is 0. The number of hydrogen-bond acceptors (Lipinski definition) is 4. The van der Waals surface area contributed by atoms with Gasteiger partial charge in [-0.1, -0.05) is 29.8 Å². The molecule has 0 bridgehead atoms. The molecule has 2 heterocycles. The zero-order chi connectivity index (χ0) is 21.3. The van der Waals surface area contributed by atoms with Gasteiger partial charge in [0.25, 0.3) is 5.56 Å². The van der Waals surface area contributed by atoms with E-state index < -0.39 is 17.2 Å². The fraction of sp³-hybridized carbons (Fsp3) is 0.136. The number of carbonyl (C=O) groups is 1. The summed E-state index contributed by atoms with van der Waals surface area (Å²) in [5.74, 6) is 0.0307. The number of anilines is 1. The molecule has 1 N–H and O–H groups in total. The van der Waals surface area contributed by atoms with E-state index in [1.807, 2.05) is 13.0 Å². The standard InChI is InChI=1S/C22H18ClN3O4/c1-14-8-9-18(17(23)11-14)24-20(27)13-25-19-7-3-2-6-16(19)21(28)26(22(25)29)12-15-5-4-10-30-15/h2-11H,12-13H2,1H3,(H,24,27). The van der Waals surface area contributed by atoms with Crippen LogP contribution in [0.25, 0.3) is 10.9 Å². The number of halogens is 1. The van der Waals surface area contributed by atoms with Crippen LogP contribution in [0.4, 0.5) is 5.69 Å². The number of amides is 1. The van der Waals surface area contributed by atoms with Crippen LogP contribution in [0.2, 0.25) is 5.02 Å². The Morgan fingerprint density at radius 2 is 1.87 bits per heavy atom. The maximum atomic E-state index is 13.1. The first-order valence-corrected chi connectivity index (χ1v) is 9.62. The van der Waals surface area contributed by atoms with Crippen LogP contribution in [0.3, 0.4) is 0 Å². The predicted octanol–water partition coefficient (Wildman–Crippen LogP) is 3.41. The van der Waals surface area contributed by atoms with E-state index in [1.165, 1.54) is 10.8 Å². The van der Waals surface area contributed by atoms with Crippen molar-refractivity contribution in [1.29, 1.82) is 0 Å². The summed E-state index contributed by atoms with van der Waals surface area (Å²) in [5, 5.41) is 3.46. The van der Waals surface area contributed by atoms with Crippen LogP contribution in [0.5, 0.6) is 0 Å². The molecule has 1 amide bonds. The van der Waals surface area contributed by atoms with Crippen LogP contribution < -0.4 is 16.6 Å². The van der Waals surface area contributed by atoms with Gasteiger partial charge < -0.3 is 9.73 Å². The summed E-state index contributed by atoms with van der Waals surface area (Å²) >= 11 is 6.19. The van der Waals surface area contributed by atoms with E-state index in [0.29, 0.717) is 27.4 Å². The first kappa shape index (κ1) is 19.7. The lowest BCUT2D eigenvalue weighted by Crippen LogP contribution is -2.42. The van der Waals surface area contributed by atoms with E-state index in [0.717, 1.165) is 10.1 Å². The van der Waals surface area contributed by atoms with Crippen LogP contribution in [-0.2, 0) is 17.9 Å². The Kier molecular flexibility index (Phi) is 5.29. The van der Waals surface area contributed by atoms with Crippen molar-refractivity contribution in [2.24, 2.45) is 0 Å². The predicted molar refractivity (Wildman–Crippen MR) is 115 cm³/mol. The molecule has 0 radical (unpaired) electrons. The molecule has 2 aromatic carbocycles. The molecule has 152 valence electrons. The normalized spacial score (nSPS) is 11.0. The third kappa shape index (κ3) is 3.79. The zero-order valence-corrected chi connectivity index (χ0v) is 16.8. The number of hydrogen-bond donors (Lipinski definition) is 1. The van der Waals surface area contributed by atoms with Crippen molar-refractivity contribution in [2.45, 2.75) is 20.0 Å². The van der Waals surface area contributed by atoms with E-state index in [9.17, 15) is 14.4 Å². The molecule has 30 heavy (non-hydrogen) atoms. The van der Waals surface area contributed by atoms with Gasteiger partial charge in [-0.05, 0) is 48.9 Å². The fourth-order valence-electron chi connectivity index (χ4n) is 3.28. The van der Waals surface area contributed by atoms with Gasteiger partial charge in [0, 0.05) is 0 Å². The van der Waals surface area contributed by atoms with Crippen LogP contribution in [0, 0.1) is 6.92 Å². The third-order valence-corrected chi connectivity index (χ3v) is 5.04. The number of aryl methyl sites for hydroxylation is 1. The number of nitrogens with zero attached hydrogens (tertiary/aromatic N) is 2. The van der Waals surface area contributed by atoms with Crippen molar-refractivity contribution >= 4 is 34.1 Å². The summed E-state index contributed by atoms with van der Waals surface area (Å²) < 4.78 is 7.62. The van der Waals surface area contributed by atoms with Gasteiger partial charge in [-0.25, -0.2) is 4.79 Å². The number of nitrogens with one attached hydrogen (secondary N) is 1. The summed E-state index contributed by atoms with van der Waals surface area (Å²) in [5.41, 5.74) is 0.762. The average Bonchev–Trinajstić information content (AvgIpc) is 3.24. The van der Waals surface area contributed by atoms with E-state index in [-0.39, 0.29) is 13.1 Å². The summed E-state index contributed by atoms with van der Waals surface area (Å²) in [6, 6.07) is 15.3. The van der Waals surface area contributed by atoms with Gasteiger partial charge in [0.15, 0.2) is 0 Å². The highest BCUT2D eigenvalue weighted by Gasteiger charge is 2.16. The van der Waals surface area contributed by atoms with Crippen LogP contribution in [0.15, 0.2) is 74.9 Å². The molecule has 0 fully saturated rings. The molecule has 0 unspecified atom stereocenters. The third-order valence-electron chi connectivity index (χ3n) is 4.73. The Morgan fingerprint density at radius 1 is 1.07 bits per heavy atom. The minimum absolute atomic E-state index is 0.0269. The number of carbonyl (C=O) groups excluding carboxylic acids is 1. The molecular weight excluding hydrogens is 406 g/mol.